The molecule has 0 aromatic carbocycles. The van der Waals surface area contributed by atoms with Crippen molar-refractivity contribution in [3.63, 3.8) is 0 Å². The van der Waals surface area contributed by atoms with Crippen molar-refractivity contribution in [2.24, 2.45) is 11.7 Å². The first-order valence-corrected chi connectivity index (χ1v) is 4.33. The van der Waals surface area contributed by atoms with Crippen molar-refractivity contribution in [3.8, 4) is 0 Å². The number of hydrogen-bond acceptors (Lipinski definition) is 2. The lowest BCUT2D eigenvalue weighted by Gasteiger charge is -2.20. The van der Waals surface area contributed by atoms with Gasteiger partial charge in [0, 0.05) is 13.0 Å². The minimum atomic E-state index is -4.47. The van der Waals surface area contributed by atoms with E-state index in [2.05, 4.69) is 0 Å². The molecule has 0 bridgehead atoms. The van der Waals surface area contributed by atoms with Crippen LogP contribution >= 0.6 is 0 Å². The number of rotatable bonds is 4. The third-order valence-electron chi connectivity index (χ3n) is 1.56. The maximum absolute atomic E-state index is 12.1. The van der Waals surface area contributed by atoms with Gasteiger partial charge in [0.1, 0.15) is 6.04 Å². The molecular weight excluding hydrogens is 197 g/mol. The molecular formula is C8H15F3N2O. The van der Waals surface area contributed by atoms with Crippen molar-refractivity contribution >= 4 is 5.91 Å². The van der Waals surface area contributed by atoms with E-state index in [0.29, 0.717) is 0 Å². The molecule has 0 aromatic rings. The van der Waals surface area contributed by atoms with Crippen LogP contribution in [0.15, 0.2) is 0 Å². The van der Waals surface area contributed by atoms with Gasteiger partial charge < -0.3 is 11.1 Å². The van der Waals surface area contributed by atoms with E-state index in [1.807, 2.05) is 5.32 Å². The van der Waals surface area contributed by atoms with Crippen LogP contribution in [0, 0.1) is 5.92 Å². The second-order valence-corrected chi connectivity index (χ2v) is 3.50. The average molecular weight is 212 g/mol. The van der Waals surface area contributed by atoms with Gasteiger partial charge in [0.05, 0.1) is 0 Å². The fourth-order valence-electron chi connectivity index (χ4n) is 0.898. The van der Waals surface area contributed by atoms with E-state index in [9.17, 15) is 18.0 Å². The summed E-state index contributed by atoms with van der Waals surface area (Å²) in [5, 5.41) is 1.85. The van der Waals surface area contributed by atoms with Crippen LogP contribution in [0.5, 0.6) is 0 Å². The van der Waals surface area contributed by atoms with Gasteiger partial charge in [0.15, 0.2) is 0 Å². The summed E-state index contributed by atoms with van der Waals surface area (Å²) in [6, 6.07) is -1.94. The first kappa shape index (κ1) is 13.2. The van der Waals surface area contributed by atoms with Crippen LogP contribution in [0.25, 0.3) is 0 Å². The maximum Gasteiger partial charge on any atom is 0.409 e. The minimum Gasteiger partial charge on any atom is -0.343 e. The Kier molecular flexibility index (Phi) is 4.90. The molecule has 1 unspecified atom stereocenters. The lowest BCUT2D eigenvalue weighted by molar-refractivity contribution is -0.159. The first-order chi connectivity index (χ1) is 6.27. The van der Waals surface area contributed by atoms with E-state index in [-0.39, 0.29) is 12.3 Å². The van der Waals surface area contributed by atoms with E-state index in [1.165, 1.54) is 0 Å². The fourth-order valence-corrected chi connectivity index (χ4v) is 0.898. The van der Waals surface area contributed by atoms with Crippen LogP contribution in [-0.2, 0) is 4.79 Å². The van der Waals surface area contributed by atoms with Crippen LogP contribution in [-0.4, -0.2) is 24.7 Å². The van der Waals surface area contributed by atoms with E-state index < -0.39 is 24.7 Å². The molecule has 14 heavy (non-hydrogen) atoms. The minimum absolute atomic E-state index is 0.0293. The highest BCUT2D eigenvalue weighted by Crippen LogP contribution is 2.19. The number of amides is 1. The molecule has 3 N–H and O–H groups in total. The summed E-state index contributed by atoms with van der Waals surface area (Å²) >= 11 is 0. The standard InChI is InChI=1S/C8H15F3N2O/c1-5(2)3-7(14)13-6(4-12)8(9,10)11/h5-6H,3-4,12H2,1-2H3,(H,13,14). The number of nitrogens with two attached hydrogens (primary N) is 1. The van der Waals surface area contributed by atoms with E-state index in [0.717, 1.165) is 0 Å². The summed E-state index contributed by atoms with van der Waals surface area (Å²) in [7, 11) is 0. The van der Waals surface area contributed by atoms with E-state index in [4.69, 9.17) is 5.73 Å². The normalized spacial score (nSPS) is 14.2. The van der Waals surface area contributed by atoms with Gasteiger partial charge in [0.25, 0.3) is 0 Å². The molecule has 1 atom stereocenters. The van der Waals surface area contributed by atoms with Gasteiger partial charge in [-0.25, -0.2) is 0 Å². The van der Waals surface area contributed by atoms with Crippen molar-refractivity contribution in [1.29, 1.82) is 0 Å². The highest BCUT2D eigenvalue weighted by molar-refractivity contribution is 5.76. The Labute approximate surface area is 80.8 Å². The Morgan fingerprint density at radius 1 is 1.43 bits per heavy atom. The molecule has 0 fully saturated rings. The Hall–Kier alpha value is -0.780. The molecule has 84 valence electrons. The largest absolute Gasteiger partial charge is 0.409 e. The summed E-state index contributed by atoms with van der Waals surface area (Å²) in [6.45, 7) is 2.88. The fraction of sp³-hybridized carbons (Fsp3) is 0.875. The quantitative estimate of drug-likeness (QED) is 0.731. The molecule has 0 aromatic heterocycles. The zero-order chi connectivity index (χ0) is 11.4. The molecule has 0 heterocycles. The van der Waals surface area contributed by atoms with Gasteiger partial charge in [-0.2, -0.15) is 13.2 Å². The second-order valence-electron chi connectivity index (χ2n) is 3.50. The molecule has 3 nitrogen and oxygen atoms in total. The SMILES string of the molecule is CC(C)CC(=O)NC(CN)C(F)(F)F. The number of carbonyl (C=O) groups excluding carboxylic acids is 1. The zero-order valence-corrected chi connectivity index (χ0v) is 8.19. The summed E-state index contributed by atoms with van der Waals surface area (Å²) < 4.78 is 36.4. The van der Waals surface area contributed by atoms with E-state index in [1.54, 1.807) is 13.8 Å². The van der Waals surface area contributed by atoms with Gasteiger partial charge in [-0.05, 0) is 5.92 Å². The van der Waals surface area contributed by atoms with Crippen LogP contribution < -0.4 is 11.1 Å². The molecule has 0 saturated heterocycles. The second kappa shape index (κ2) is 5.19. The maximum atomic E-state index is 12.1. The molecule has 6 heteroatoms. The first-order valence-electron chi connectivity index (χ1n) is 4.33. The molecule has 0 rings (SSSR count). The number of halogens is 3. The molecule has 0 saturated carbocycles. The third kappa shape index (κ3) is 5.06. The predicted octanol–water partition coefficient (Wildman–Crippen LogP) is 1.04. The predicted molar refractivity (Wildman–Crippen MR) is 46.5 cm³/mol. The Morgan fingerprint density at radius 3 is 2.21 bits per heavy atom. The molecule has 0 radical (unpaired) electrons. The Balaban J connectivity index is 4.13. The molecule has 1 amide bonds. The van der Waals surface area contributed by atoms with Gasteiger partial charge in [-0.3, -0.25) is 4.79 Å². The van der Waals surface area contributed by atoms with Crippen molar-refractivity contribution in [3.05, 3.63) is 0 Å². The molecule has 0 aliphatic heterocycles. The highest BCUT2D eigenvalue weighted by Gasteiger charge is 2.39. The highest BCUT2D eigenvalue weighted by atomic mass is 19.4. The summed E-state index contributed by atoms with van der Waals surface area (Å²) in [4.78, 5) is 11.0. The van der Waals surface area contributed by atoms with Gasteiger partial charge in [-0.1, -0.05) is 13.8 Å². The van der Waals surface area contributed by atoms with E-state index >= 15 is 0 Å². The number of nitrogens with one attached hydrogen (secondary N) is 1. The number of alkyl halides is 3. The monoisotopic (exact) mass is 212 g/mol. The lowest BCUT2D eigenvalue weighted by atomic mass is 10.1. The average Bonchev–Trinajstić information content (AvgIpc) is 1.96. The van der Waals surface area contributed by atoms with Gasteiger partial charge in [0.2, 0.25) is 5.91 Å². The van der Waals surface area contributed by atoms with Crippen LogP contribution in [0.1, 0.15) is 20.3 Å². The van der Waals surface area contributed by atoms with Crippen molar-refractivity contribution in [2.75, 3.05) is 6.54 Å². The molecule has 0 spiro atoms. The van der Waals surface area contributed by atoms with Gasteiger partial charge in [-0.15, -0.1) is 0 Å². The van der Waals surface area contributed by atoms with Gasteiger partial charge >= 0.3 is 6.18 Å². The Bertz CT molecular complexity index is 192. The van der Waals surface area contributed by atoms with Crippen LogP contribution in [0.2, 0.25) is 0 Å². The van der Waals surface area contributed by atoms with Crippen molar-refractivity contribution < 1.29 is 18.0 Å². The number of carbonyl (C=O) groups is 1. The lowest BCUT2D eigenvalue weighted by Crippen LogP contribution is -2.50. The Morgan fingerprint density at radius 2 is 1.93 bits per heavy atom. The smallest absolute Gasteiger partial charge is 0.343 e. The summed E-state index contributed by atoms with van der Waals surface area (Å²) in [5.74, 6) is -0.588. The van der Waals surface area contributed by atoms with Crippen LogP contribution in [0.4, 0.5) is 13.2 Å². The molecule has 0 aliphatic rings. The number of hydrogen-bond donors (Lipinski definition) is 2. The topological polar surface area (TPSA) is 55.1 Å². The molecule has 0 aliphatic carbocycles. The van der Waals surface area contributed by atoms with Crippen LogP contribution in [0.3, 0.4) is 0 Å². The summed E-state index contributed by atoms with van der Waals surface area (Å²) in [6.07, 6.45) is -4.39. The summed E-state index contributed by atoms with van der Waals surface area (Å²) in [5.41, 5.74) is 4.90. The van der Waals surface area contributed by atoms with Crippen molar-refractivity contribution in [1.82, 2.24) is 5.32 Å². The third-order valence-corrected chi connectivity index (χ3v) is 1.56. The zero-order valence-electron chi connectivity index (χ0n) is 8.19. The van der Waals surface area contributed by atoms with Crippen molar-refractivity contribution in [2.45, 2.75) is 32.5 Å².